The minimum Gasteiger partial charge on any atom is -0.382 e. The molecule has 0 aliphatic heterocycles. The molecule has 0 aliphatic carbocycles. The van der Waals surface area contributed by atoms with Crippen LogP contribution in [0.3, 0.4) is 0 Å². The summed E-state index contributed by atoms with van der Waals surface area (Å²) in [4.78, 5) is 27.9. The lowest BCUT2D eigenvalue weighted by molar-refractivity contribution is -0.121. The number of amides is 1. The molecule has 1 heterocycles. The topological polar surface area (TPSA) is 73.2 Å². The van der Waals surface area contributed by atoms with Gasteiger partial charge in [-0.15, -0.1) is 0 Å². The van der Waals surface area contributed by atoms with Gasteiger partial charge < -0.3 is 10.1 Å². The molecule has 0 saturated carbocycles. The second-order valence-corrected chi connectivity index (χ2v) is 4.57. The Morgan fingerprint density at radius 3 is 3.00 bits per heavy atom. The van der Waals surface area contributed by atoms with Gasteiger partial charge >= 0.3 is 0 Å². The smallest absolute Gasteiger partial charge is 0.269 e. The SMILES string of the molecule is CCOCCCNC(=O)Cn1c(=O)cnc2ccccc21. The van der Waals surface area contributed by atoms with Crippen molar-refractivity contribution in [2.45, 2.75) is 19.9 Å². The Hall–Kier alpha value is -2.21. The first-order chi connectivity index (χ1) is 10.2. The zero-order valence-electron chi connectivity index (χ0n) is 12.0. The number of carbonyl (C=O) groups excluding carboxylic acids is 1. The van der Waals surface area contributed by atoms with Crippen LogP contribution in [-0.4, -0.2) is 35.2 Å². The van der Waals surface area contributed by atoms with Gasteiger partial charge in [0.25, 0.3) is 5.56 Å². The summed E-state index contributed by atoms with van der Waals surface area (Å²) in [7, 11) is 0. The van der Waals surface area contributed by atoms with E-state index < -0.39 is 0 Å². The lowest BCUT2D eigenvalue weighted by atomic mass is 10.3. The average Bonchev–Trinajstić information content (AvgIpc) is 2.50. The van der Waals surface area contributed by atoms with E-state index in [-0.39, 0.29) is 18.0 Å². The normalized spacial score (nSPS) is 10.7. The summed E-state index contributed by atoms with van der Waals surface area (Å²) in [5.41, 5.74) is 1.08. The van der Waals surface area contributed by atoms with E-state index in [2.05, 4.69) is 10.3 Å². The molecule has 0 aliphatic rings. The van der Waals surface area contributed by atoms with Crippen LogP contribution < -0.4 is 10.9 Å². The first kappa shape index (κ1) is 15.2. The number of hydrogen-bond donors (Lipinski definition) is 1. The maximum Gasteiger partial charge on any atom is 0.269 e. The molecule has 1 aromatic carbocycles. The highest BCUT2D eigenvalue weighted by Gasteiger charge is 2.08. The van der Waals surface area contributed by atoms with Crippen molar-refractivity contribution in [3.8, 4) is 0 Å². The van der Waals surface area contributed by atoms with Crippen molar-refractivity contribution in [1.29, 1.82) is 0 Å². The van der Waals surface area contributed by atoms with E-state index in [4.69, 9.17) is 4.74 Å². The third kappa shape index (κ3) is 4.13. The maximum atomic E-state index is 11.9. The monoisotopic (exact) mass is 289 g/mol. The van der Waals surface area contributed by atoms with Crippen LogP contribution in [0, 0.1) is 0 Å². The molecule has 21 heavy (non-hydrogen) atoms. The number of aromatic nitrogens is 2. The van der Waals surface area contributed by atoms with Gasteiger partial charge in [0.2, 0.25) is 5.91 Å². The Morgan fingerprint density at radius 1 is 1.38 bits per heavy atom. The highest BCUT2D eigenvalue weighted by Crippen LogP contribution is 2.07. The molecule has 1 amide bonds. The van der Waals surface area contributed by atoms with Gasteiger partial charge in [-0.05, 0) is 25.5 Å². The fourth-order valence-corrected chi connectivity index (χ4v) is 2.02. The van der Waals surface area contributed by atoms with Crippen LogP contribution in [0.1, 0.15) is 13.3 Å². The molecule has 0 bridgehead atoms. The van der Waals surface area contributed by atoms with Gasteiger partial charge in [0.1, 0.15) is 6.54 Å². The van der Waals surface area contributed by atoms with Crippen molar-refractivity contribution in [3.05, 3.63) is 40.8 Å². The van der Waals surface area contributed by atoms with Gasteiger partial charge in [-0.1, -0.05) is 12.1 Å². The van der Waals surface area contributed by atoms with Crippen molar-refractivity contribution in [3.63, 3.8) is 0 Å². The van der Waals surface area contributed by atoms with E-state index in [0.29, 0.717) is 30.8 Å². The van der Waals surface area contributed by atoms with Gasteiger partial charge in [-0.2, -0.15) is 0 Å². The molecular weight excluding hydrogens is 270 g/mol. The highest BCUT2D eigenvalue weighted by molar-refractivity contribution is 5.79. The number of nitrogens with zero attached hydrogens (tertiary/aromatic N) is 2. The Balaban J connectivity index is 2.01. The zero-order chi connectivity index (χ0) is 15.1. The number of hydrogen-bond acceptors (Lipinski definition) is 4. The largest absolute Gasteiger partial charge is 0.382 e. The van der Waals surface area contributed by atoms with Gasteiger partial charge in [0.05, 0.1) is 17.2 Å². The molecule has 2 rings (SSSR count). The van der Waals surface area contributed by atoms with Crippen molar-refractivity contribution < 1.29 is 9.53 Å². The molecule has 0 fully saturated rings. The first-order valence-corrected chi connectivity index (χ1v) is 7.01. The molecular formula is C15H19N3O3. The van der Waals surface area contributed by atoms with E-state index in [1.807, 2.05) is 25.1 Å². The molecule has 6 nitrogen and oxygen atoms in total. The maximum absolute atomic E-state index is 11.9. The number of rotatable bonds is 7. The van der Waals surface area contributed by atoms with Crippen LogP contribution in [0.5, 0.6) is 0 Å². The summed E-state index contributed by atoms with van der Waals surface area (Å²) in [6.07, 6.45) is 2.00. The molecule has 0 spiro atoms. The summed E-state index contributed by atoms with van der Waals surface area (Å²) in [5, 5.41) is 2.78. The van der Waals surface area contributed by atoms with Crippen molar-refractivity contribution in [2.75, 3.05) is 19.8 Å². The number of benzene rings is 1. The second kappa shape index (κ2) is 7.54. The quantitative estimate of drug-likeness (QED) is 0.770. The summed E-state index contributed by atoms with van der Waals surface area (Å²) in [6.45, 7) is 3.76. The number of fused-ring (bicyclic) bond motifs is 1. The van der Waals surface area contributed by atoms with Gasteiger partial charge in [0, 0.05) is 19.8 Å². The third-order valence-corrected chi connectivity index (χ3v) is 3.05. The predicted octanol–water partition coefficient (Wildman–Crippen LogP) is 0.939. The van der Waals surface area contributed by atoms with Crippen LogP contribution in [0.15, 0.2) is 35.3 Å². The molecule has 0 saturated heterocycles. The number of carbonyl (C=O) groups is 1. The first-order valence-electron chi connectivity index (χ1n) is 7.01. The minimum absolute atomic E-state index is 0.00347. The lowest BCUT2D eigenvalue weighted by Gasteiger charge is -2.10. The van der Waals surface area contributed by atoms with Gasteiger partial charge in [-0.3, -0.25) is 14.2 Å². The molecule has 1 aromatic heterocycles. The lowest BCUT2D eigenvalue weighted by Crippen LogP contribution is -2.33. The van der Waals surface area contributed by atoms with E-state index in [1.165, 1.54) is 10.8 Å². The Labute approximate surface area is 122 Å². The highest BCUT2D eigenvalue weighted by atomic mass is 16.5. The number of para-hydroxylation sites is 2. The standard InChI is InChI=1S/C15H19N3O3/c1-2-21-9-5-8-16-14(19)11-18-13-7-4-3-6-12(13)17-10-15(18)20/h3-4,6-7,10H,2,5,8-9,11H2,1H3,(H,16,19). The summed E-state index contributed by atoms with van der Waals surface area (Å²) in [5.74, 6) is -0.190. The van der Waals surface area contributed by atoms with Crippen LogP contribution in [0.25, 0.3) is 11.0 Å². The second-order valence-electron chi connectivity index (χ2n) is 4.57. The Kier molecular flexibility index (Phi) is 5.45. The average molecular weight is 289 g/mol. The van der Waals surface area contributed by atoms with Crippen LogP contribution in [0.4, 0.5) is 0 Å². The molecule has 0 atom stereocenters. The van der Waals surface area contributed by atoms with Crippen LogP contribution in [0.2, 0.25) is 0 Å². The summed E-state index contributed by atoms with van der Waals surface area (Å²) in [6, 6.07) is 7.26. The fraction of sp³-hybridized carbons (Fsp3) is 0.400. The molecule has 2 aromatic rings. The molecule has 6 heteroatoms. The minimum atomic E-state index is -0.279. The van der Waals surface area contributed by atoms with E-state index in [1.54, 1.807) is 6.07 Å². The zero-order valence-corrected chi connectivity index (χ0v) is 12.0. The van der Waals surface area contributed by atoms with E-state index in [0.717, 1.165) is 6.42 Å². The molecule has 0 radical (unpaired) electrons. The summed E-state index contributed by atoms with van der Waals surface area (Å²) < 4.78 is 6.63. The fourth-order valence-electron chi connectivity index (χ4n) is 2.02. The van der Waals surface area contributed by atoms with Crippen molar-refractivity contribution >= 4 is 16.9 Å². The van der Waals surface area contributed by atoms with Crippen LogP contribution >= 0.6 is 0 Å². The Morgan fingerprint density at radius 2 is 2.19 bits per heavy atom. The number of ether oxygens (including phenoxy) is 1. The van der Waals surface area contributed by atoms with E-state index in [9.17, 15) is 9.59 Å². The summed E-state index contributed by atoms with van der Waals surface area (Å²) >= 11 is 0. The molecule has 112 valence electrons. The Bertz CT molecular complexity index is 667. The van der Waals surface area contributed by atoms with Gasteiger partial charge in [0.15, 0.2) is 0 Å². The number of nitrogens with one attached hydrogen (secondary N) is 1. The van der Waals surface area contributed by atoms with Gasteiger partial charge in [-0.25, -0.2) is 4.98 Å². The van der Waals surface area contributed by atoms with Crippen LogP contribution in [-0.2, 0) is 16.1 Å². The van der Waals surface area contributed by atoms with E-state index >= 15 is 0 Å². The third-order valence-electron chi connectivity index (χ3n) is 3.05. The molecule has 0 unspecified atom stereocenters. The van der Waals surface area contributed by atoms with Crippen molar-refractivity contribution in [1.82, 2.24) is 14.9 Å². The van der Waals surface area contributed by atoms with Crippen molar-refractivity contribution in [2.24, 2.45) is 0 Å². The molecule has 1 N–H and O–H groups in total. The predicted molar refractivity (Wildman–Crippen MR) is 80.1 cm³/mol.